The SMILES string of the molecule is Br.Br.c1ccc2c(c1)CCC(CN1CCC(CNc3nc4cc5c(cc4s3)OCCO5)CC1)O2. The van der Waals surface area contributed by atoms with Gasteiger partial charge >= 0.3 is 0 Å². The fourth-order valence-corrected chi connectivity index (χ4v) is 5.83. The van der Waals surface area contributed by atoms with Crippen LogP contribution in [-0.4, -0.2) is 55.4 Å². The van der Waals surface area contributed by atoms with E-state index in [1.54, 1.807) is 11.3 Å². The van der Waals surface area contributed by atoms with Gasteiger partial charge in [0.1, 0.15) is 25.1 Å². The topological polar surface area (TPSA) is 55.9 Å². The average molecular weight is 613 g/mol. The number of anilines is 1. The standard InChI is InChI=1S/C25H29N3O3S.2BrH/c1-2-4-21-18(3-1)5-6-19(31-21)16-28-9-7-17(8-10-28)15-26-25-27-20-13-22-23(14-24(20)32-25)30-12-11-29-22;;/h1-4,13-14,17,19H,5-12,15-16H2,(H,26,27);2*1H. The third-order valence-electron chi connectivity index (χ3n) is 6.77. The van der Waals surface area contributed by atoms with Crippen molar-refractivity contribution in [3.8, 4) is 17.2 Å². The molecule has 0 saturated carbocycles. The summed E-state index contributed by atoms with van der Waals surface area (Å²) in [5, 5.41) is 4.57. The Kier molecular flexibility index (Phi) is 8.61. The molecule has 3 aliphatic rings. The Morgan fingerprint density at radius 3 is 2.56 bits per heavy atom. The summed E-state index contributed by atoms with van der Waals surface area (Å²) >= 11 is 1.69. The number of nitrogens with zero attached hydrogens (tertiary/aromatic N) is 2. The van der Waals surface area contributed by atoms with Crippen LogP contribution in [0.5, 0.6) is 17.2 Å². The zero-order chi connectivity index (χ0) is 21.3. The van der Waals surface area contributed by atoms with Crippen molar-refractivity contribution in [1.82, 2.24) is 9.88 Å². The van der Waals surface area contributed by atoms with Gasteiger partial charge in [0.2, 0.25) is 0 Å². The van der Waals surface area contributed by atoms with Crippen molar-refractivity contribution < 1.29 is 14.2 Å². The lowest BCUT2D eigenvalue weighted by Gasteiger charge is -2.35. The van der Waals surface area contributed by atoms with Crippen LogP contribution in [0.4, 0.5) is 5.13 Å². The lowest BCUT2D eigenvalue weighted by Crippen LogP contribution is -2.42. The van der Waals surface area contributed by atoms with Crippen LogP contribution in [0.25, 0.3) is 10.2 Å². The molecule has 0 bridgehead atoms. The minimum atomic E-state index is 0. The molecule has 0 aliphatic carbocycles. The second-order valence-corrected chi connectivity index (χ2v) is 10.0. The van der Waals surface area contributed by atoms with Crippen LogP contribution in [0.1, 0.15) is 24.8 Å². The summed E-state index contributed by atoms with van der Waals surface area (Å²) in [7, 11) is 0. The Labute approximate surface area is 225 Å². The van der Waals surface area contributed by atoms with Crippen LogP contribution in [0.15, 0.2) is 36.4 Å². The zero-order valence-electron chi connectivity index (χ0n) is 19.0. The van der Waals surface area contributed by atoms with E-state index in [0.29, 0.717) is 25.2 Å². The third-order valence-corrected chi connectivity index (χ3v) is 7.74. The summed E-state index contributed by atoms with van der Waals surface area (Å²) in [6, 6.07) is 12.5. The molecule has 184 valence electrons. The Balaban J connectivity index is 0.00000137. The second kappa shape index (κ2) is 11.5. The number of likely N-dealkylation sites (tertiary alicyclic amines) is 1. The lowest BCUT2D eigenvalue weighted by atomic mass is 9.96. The molecule has 9 heteroatoms. The monoisotopic (exact) mass is 611 g/mol. The lowest BCUT2D eigenvalue weighted by molar-refractivity contribution is 0.0928. The molecule has 1 saturated heterocycles. The molecule has 1 aromatic heterocycles. The molecule has 1 atom stereocenters. The van der Waals surface area contributed by atoms with Gasteiger partial charge in [-0.15, -0.1) is 34.0 Å². The van der Waals surface area contributed by atoms with Gasteiger partial charge in [-0.25, -0.2) is 4.98 Å². The fourth-order valence-electron chi connectivity index (χ4n) is 4.94. The van der Waals surface area contributed by atoms with Crippen LogP contribution in [0.2, 0.25) is 0 Å². The van der Waals surface area contributed by atoms with Gasteiger partial charge in [0, 0.05) is 25.2 Å². The number of nitrogens with one attached hydrogen (secondary N) is 1. The second-order valence-electron chi connectivity index (χ2n) is 8.99. The van der Waals surface area contributed by atoms with Crippen molar-refractivity contribution in [2.75, 3.05) is 44.7 Å². The van der Waals surface area contributed by atoms with Gasteiger partial charge in [-0.2, -0.15) is 0 Å². The highest BCUT2D eigenvalue weighted by atomic mass is 79.9. The van der Waals surface area contributed by atoms with E-state index in [2.05, 4.69) is 40.5 Å². The molecule has 3 aliphatic heterocycles. The maximum Gasteiger partial charge on any atom is 0.183 e. The molecular weight excluding hydrogens is 582 g/mol. The number of piperidine rings is 1. The summed E-state index contributed by atoms with van der Waals surface area (Å²) in [6.45, 7) is 5.53. The highest BCUT2D eigenvalue weighted by Crippen LogP contribution is 2.38. The maximum atomic E-state index is 6.25. The van der Waals surface area contributed by atoms with Crippen molar-refractivity contribution in [3.05, 3.63) is 42.0 Å². The molecule has 3 aromatic rings. The largest absolute Gasteiger partial charge is 0.489 e. The molecule has 4 heterocycles. The Hall–Kier alpha value is -1.55. The average Bonchev–Trinajstić information content (AvgIpc) is 3.23. The highest BCUT2D eigenvalue weighted by Gasteiger charge is 2.25. The van der Waals surface area contributed by atoms with Crippen molar-refractivity contribution >= 4 is 60.6 Å². The van der Waals surface area contributed by atoms with Gasteiger partial charge in [-0.3, -0.25) is 4.90 Å². The number of benzene rings is 2. The van der Waals surface area contributed by atoms with Gasteiger partial charge in [0.15, 0.2) is 16.6 Å². The van der Waals surface area contributed by atoms with Gasteiger partial charge in [-0.05, 0) is 56.3 Å². The molecule has 0 radical (unpaired) electrons. The molecule has 6 nitrogen and oxygen atoms in total. The highest BCUT2D eigenvalue weighted by molar-refractivity contribution is 8.93. The van der Waals surface area contributed by atoms with E-state index < -0.39 is 0 Å². The normalized spacial score (nSPS) is 19.9. The number of thiazole rings is 1. The fraction of sp³-hybridized carbons (Fsp3) is 0.480. The summed E-state index contributed by atoms with van der Waals surface area (Å²) in [6.07, 6.45) is 5.01. The predicted octanol–water partition coefficient (Wildman–Crippen LogP) is 5.74. The zero-order valence-corrected chi connectivity index (χ0v) is 23.3. The summed E-state index contributed by atoms with van der Waals surface area (Å²) in [5.74, 6) is 3.40. The number of halogens is 2. The van der Waals surface area contributed by atoms with Gasteiger partial charge in [-0.1, -0.05) is 29.5 Å². The molecule has 0 amide bonds. The van der Waals surface area contributed by atoms with Crippen LogP contribution in [0, 0.1) is 5.92 Å². The molecule has 1 N–H and O–H groups in total. The van der Waals surface area contributed by atoms with Crippen LogP contribution < -0.4 is 19.5 Å². The smallest absolute Gasteiger partial charge is 0.183 e. The first-order valence-electron chi connectivity index (χ1n) is 11.7. The van der Waals surface area contributed by atoms with Crippen molar-refractivity contribution in [2.24, 2.45) is 5.92 Å². The Morgan fingerprint density at radius 2 is 1.74 bits per heavy atom. The van der Waals surface area contributed by atoms with Crippen molar-refractivity contribution in [2.45, 2.75) is 31.8 Å². The first-order chi connectivity index (χ1) is 15.8. The molecule has 34 heavy (non-hydrogen) atoms. The van der Waals surface area contributed by atoms with E-state index in [1.807, 2.05) is 6.07 Å². The van der Waals surface area contributed by atoms with Crippen molar-refractivity contribution in [3.63, 3.8) is 0 Å². The molecule has 1 unspecified atom stereocenters. The molecular formula is C25H31Br2N3O3S. The number of rotatable bonds is 5. The summed E-state index contributed by atoms with van der Waals surface area (Å²) in [4.78, 5) is 7.34. The van der Waals surface area contributed by atoms with E-state index in [0.717, 1.165) is 71.6 Å². The number of para-hydroxylation sites is 1. The Morgan fingerprint density at radius 1 is 0.971 bits per heavy atom. The molecule has 6 rings (SSSR count). The summed E-state index contributed by atoms with van der Waals surface area (Å²) < 4.78 is 18.8. The molecule has 0 spiro atoms. The first kappa shape index (κ1) is 25.5. The number of fused-ring (bicyclic) bond motifs is 3. The van der Waals surface area contributed by atoms with Crippen LogP contribution in [0.3, 0.4) is 0 Å². The summed E-state index contributed by atoms with van der Waals surface area (Å²) in [5.41, 5.74) is 2.33. The van der Waals surface area contributed by atoms with Gasteiger partial charge in [0.25, 0.3) is 0 Å². The third kappa shape index (κ3) is 5.64. The quantitative estimate of drug-likeness (QED) is 0.397. The van der Waals surface area contributed by atoms with E-state index in [1.165, 1.54) is 18.4 Å². The van der Waals surface area contributed by atoms with Crippen LogP contribution >= 0.6 is 45.3 Å². The van der Waals surface area contributed by atoms with E-state index >= 15 is 0 Å². The first-order valence-corrected chi connectivity index (χ1v) is 12.5. The maximum absolute atomic E-state index is 6.25. The number of ether oxygens (including phenoxy) is 3. The predicted molar refractivity (Wildman–Crippen MR) is 148 cm³/mol. The number of hydrogen-bond acceptors (Lipinski definition) is 7. The van der Waals surface area contributed by atoms with Crippen molar-refractivity contribution in [1.29, 1.82) is 0 Å². The van der Waals surface area contributed by atoms with E-state index in [4.69, 9.17) is 19.2 Å². The minimum absolute atomic E-state index is 0. The van der Waals surface area contributed by atoms with Crippen LogP contribution in [-0.2, 0) is 6.42 Å². The minimum Gasteiger partial charge on any atom is -0.489 e. The number of aryl methyl sites for hydroxylation is 1. The van der Waals surface area contributed by atoms with E-state index in [9.17, 15) is 0 Å². The molecule has 1 fully saturated rings. The van der Waals surface area contributed by atoms with E-state index in [-0.39, 0.29) is 34.0 Å². The molecule has 2 aromatic carbocycles. The number of hydrogen-bond donors (Lipinski definition) is 1. The number of aromatic nitrogens is 1. The van der Waals surface area contributed by atoms with Gasteiger partial charge < -0.3 is 19.5 Å². The Bertz CT molecular complexity index is 1060. The van der Waals surface area contributed by atoms with Gasteiger partial charge in [0.05, 0.1) is 10.2 Å².